The molecule has 2 N–H and O–H groups in total. The first-order valence-electron chi connectivity index (χ1n) is 6.93. The minimum Gasteiger partial charge on any atom is -0.507 e. The summed E-state index contributed by atoms with van der Waals surface area (Å²) in [7, 11) is 0. The molecule has 0 heterocycles. The fourth-order valence-electron chi connectivity index (χ4n) is 2.52. The molecule has 0 saturated carbocycles. The Morgan fingerprint density at radius 3 is 2.42 bits per heavy atom. The predicted octanol–water partition coefficient (Wildman–Crippen LogP) is 4.26. The van der Waals surface area contributed by atoms with E-state index in [-0.39, 0.29) is 16.7 Å². The van der Waals surface area contributed by atoms with E-state index in [1.54, 1.807) is 13.0 Å². The second-order valence-corrected chi connectivity index (χ2v) is 5.48. The number of aryl methyl sites for hydroxylation is 1. The first kappa shape index (κ1) is 15.5. The number of hydrogen-bond donors (Lipinski definition) is 2. The first-order valence-corrected chi connectivity index (χ1v) is 6.93. The highest BCUT2D eigenvalue weighted by atomic mass is 16.4. The van der Waals surface area contributed by atoms with Crippen molar-refractivity contribution in [3.05, 3.63) is 28.8 Å². The summed E-state index contributed by atoms with van der Waals surface area (Å²) in [5, 5.41) is 19.6. The second kappa shape index (κ2) is 6.09. The average molecular weight is 264 g/mol. The Balaban J connectivity index is 3.33. The van der Waals surface area contributed by atoms with Crippen LogP contribution < -0.4 is 0 Å². The van der Waals surface area contributed by atoms with Crippen LogP contribution in [-0.4, -0.2) is 16.2 Å². The third-order valence-electron chi connectivity index (χ3n) is 4.11. The lowest BCUT2D eigenvalue weighted by molar-refractivity contribution is 0.0692. The minimum absolute atomic E-state index is 0.0358. The van der Waals surface area contributed by atoms with Crippen molar-refractivity contribution in [2.24, 2.45) is 0 Å². The summed E-state index contributed by atoms with van der Waals surface area (Å²) >= 11 is 0. The van der Waals surface area contributed by atoms with Gasteiger partial charge in [0.05, 0.1) is 0 Å². The number of carbonyl (C=O) groups is 1. The van der Waals surface area contributed by atoms with Crippen LogP contribution >= 0.6 is 0 Å². The number of carboxylic acid groups (broad SMARTS) is 1. The van der Waals surface area contributed by atoms with Gasteiger partial charge < -0.3 is 10.2 Å². The average Bonchev–Trinajstić information content (AvgIpc) is 2.35. The van der Waals surface area contributed by atoms with Gasteiger partial charge in [0.15, 0.2) is 0 Å². The van der Waals surface area contributed by atoms with E-state index in [4.69, 9.17) is 0 Å². The van der Waals surface area contributed by atoms with E-state index in [0.717, 1.165) is 31.2 Å². The van der Waals surface area contributed by atoms with E-state index < -0.39 is 5.97 Å². The van der Waals surface area contributed by atoms with Crippen molar-refractivity contribution in [2.75, 3.05) is 0 Å². The van der Waals surface area contributed by atoms with E-state index >= 15 is 0 Å². The smallest absolute Gasteiger partial charge is 0.339 e. The number of benzene rings is 1. The van der Waals surface area contributed by atoms with Crippen molar-refractivity contribution in [2.45, 2.75) is 58.8 Å². The van der Waals surface area contributed by atoms with Crippen molar-refractivity contribution >= 4 is 5.97 Å². The van der Waals surface area contributed by atoms with Crippen LogP contribution in [0.15, 0.2) is 12.1 Å². The summed E-state index contributed by atoms with van der Waals surface area (Å²) in [5.41, 5.74) is 1.22. The first-order chi connectivity index (χ1) is 8.87. The highest BCUT2D eigenvalue weighted by Crippen LogP contribution is 2.40. The van der Waals surface area contributed by atoms with E-state index in [2.05, 4.69) is 20.8 Å². The fourth-order valence-corrected chi connectivity index (χ4v) is 2.52. The SMILES string of the molecule is CCCCC(C)(CC)c1ccc(C)c(C(=O)O)c1O. The van der Waals surface area contributed by atoms with Gasteiger partial charge in [-0.1, -0.05) is 45.7 Å². The Kier molecular flexibility index (Phi) is 4.98. The molecule has 19 heavy (non-hydrogen) atoms. The van der Waals surface area contributed by atoms with E-state index in [0.29, 0.717) is 5.56 Å². The Morgan fingerprint density at radius 2 is 1.95 bits per heavy atom. The molecule has 0 amide bonds. The third kappa shape index (κ3) is 3.09. The van der Waals surface area contributed by atoms with Crippen molar-refractivity contribution < 1.29 is 15.0 Å². The number of aromatic hydroxyl groups is 1. The monoisotopic (exact) mass is 264 g/mol. The molecule has 0 aromatic heterocycles. The molecule has 0 spiro atoms. The molecule has 1 atom stereocenters. The molecule has 3 heteroatoms. The van der Waals surface area contributed by atoms with Crippen LogP contribution in [0.5, 0.6) is 5.75 Å². The molecule has 1 aromatic rings. The van der Waals surface area contributed by atoms with E-state index in [1.807, 2.05) is 6.07 Å². The summed E-state index contributed by atoms with van der Waals surface area (Å²) in [5.74, 6) is -1.13. The van der Waals surface area contributed by atoms with Gasteiger partial charge in [-0.2, -0.15) is 0 Å². The number of unbranched alkanes of at least 4 members (excludes halogenated alkanes) is 1. The van der Waals surface area contributed by atoms with Gasteiger partial charge in [0, 0.05) is 5.56 Å². The molecule has 0 bridgehead atoms. The highest BCUT2D eigenvalue weighted by Gasteiger charge is 2.29. The molecule has 1 rings (SSSR count). The molecule has 106 valence electrons. The molecule has 0 aliphatic rings. The van der Waals surface area contributed by atoms with Gasteiger partial charge in [0.1, 0.15) is 11.3 Å². The molecule has 0 saturated heterocycles. The lowest BCUT2D eigenvalue weighted by Gasteiger charge is -2.30. The Labute approximate surface area is 115 Å². The van der Waals surface area contributed by atoms with Gasteiger partial charge in [-0.25, -0.2) is 4.79 Å². The van der Waals surface area contributed by atoms with Gasteiger partial charge >= 0.3 is 5.97 Å². The van der Waals surface area contributed by atoms with Crippen LogP contribution in [0.4, 0.5) is 0 Å². The number of phenols is 1. The van der Waals surface area contributed by atoms with Gasteiger partial charge in [-0.15, -0.1) is 0 Å². The van der Waals surface area contributed by atoms with E-state index in [1.165, 1.54) is 0 Å². The Bertz CT molecular complexity index is 465. The Morgan fingerprint density at radius 1 is 1.32 bits per heavy atom. The van der Waals surface area contributed by atoms with Crippen LogP contribution in [0.1, 0.15) is 67.9 Å². The maximum absolute atomic E-state index is 11.3. The lowest BCUT2D eigenvalue weighted by atomic mass is 9.74. The molecule has 0 fully saturated rings. The molecular weight excluding hydrogens is 240 g/mol. The molecule has 0 radical (unpaired) electrons. The zero-order valence-corrected chi connectivity index (χ0v) is 12.3. The summed E-state index contributed by atoms with van der Waals surface area (Å²) in [6.07, 6.45) is 3.99. The van der Waals surface area contributed by atoms with Gasteiger partial charge in [0.25, 0.3) is 0 Å². The third-order valence-corrected chi connectivity index (χ3v) is 4.11. The van der Waals surface area contributed by atoms with Crippen LogP contribution in [-0.2, 0) is 5.41 Å². The van der Waals surface area contributed by atoms with Crippen molar-refractivity contribution in [3.8, 4) is 5.75 Å². The number of rotatable bonds is 6. The normalized spacial score (nSPS) is 14.1. The van der Waals surface area contributed by atoms with Crippen LogP contribution in [0.2, 0.25) is 0 Å². The van der Waals surface area contributed by atoms with Crippen molar-refractivity contribution in [1.82, 2.24) is 0 Å². The molecule has 1 aromatic carbocycles. The minimum atomic E-state index is -1.06. The predicted molar refractivity (Wildman–Crippen MR) is 77.0 cm³/mol. The van der Waals surface area contributed by atoms with Crippen molar-refractivity contribution in [3.63, 3.8) is 0 Å². The molecular formula is C16H24O3. The standard InChI is InChI=1S/C16H24O3/c1-5-7-10-16(4,6-2)12-9-8-11(3)13(14(12)17)15(18)19/h8-9,17H,5-7,10H2,1-4H3,(H,18,19). The lowest BCUT2D eigenvalue weighted by Crippen LogP contribution is -2.22. The molecule has 0 aliphatic carbocycles. The number of carboxylic acids is 1. The summed E-state index contributed by atoms with van der Waals surface area (Å²) in [6.45, 7) is 8.02. The quantitative estimate of drug-likeness (QED) is 0.807. The topological polar surface area (TPSA) is 57.5 Å². The van der Waals surface area contributed by atoms with Crippen LogP contribution in [0.25, 0.3) is 0 Å². The zero-order chi connectivity index (χ0) is 14.6. The highest BCUT2D eigenvalue weighted by molar-refractivity contribution is 5.93. The Hall–Kier alpha value is -1.51. The van der Waals surface area contributed by atoms with E-state index in [9.17, 15) is 15.0 Å². The van der Waals surface area contributed by atoms with Crippen LogP contribution in [0.3, 0.4) is 0 Å². The van der Waals surface area contributed by atoms with Gasteiger partial charge in [-0.3, -0.25) is 0 Å². The largest absolute Gasteiger partial charge is 0.507 e. The maximum atomic E-state index is 11.3. The second-order valence-electron chi connectivity index (χ2n) is 5.48. The summed E-state index contributed by atoms with van der Waals surface area (Å²) in [4.78, 5) is 11.3. The van der Waals surface area contributed by atoms with Gasteiger partial charge in [0.2, 0.25) is 0 Å². The zero-order valence-electron chi connectivity index (χ0n) is 12.3. The fraction of sp³-hybridized carbons (Fsp3) is 0.562. The maximum Gasteiger partial charge on any atom is 0.339 e. The number of hydrogen-bond acceptors (Lipinski definition) is 2. The summed E-state index contributed by atoms with van der Waals surface area (Å²) < 4.78 is 0. The molecule has 0 aliphatic heterocycles. The number of aromatic carboxylic acids is 1. The van der Waals surface area contributed by atoms with Gasteiger partial charge in [-0.05, 0) is 30.7 Å². The molecule has 3 nitrogen and oxygen atoms in total. The molecule has 1 unspecified atom stereocenters. The van der Waals surface area contributed by atoms with Crippen LogP contribution in [0, 0.1) is 6.92 Å². The summed E-state index contributed by atoms with van der Waals surface area (Å²) in [6, 6.07) is 3.66. The van der Waals surface area contributed by atoms with Crippen molar-refractivity contribution in [1.29, 1.82) is 0 Å².